The number of nitrogens with zero attached hydrogens (tertiary/aromatic N) is 1. The van der Waals surface area contributed by atoms with Crippen LogP contribution in [0.1, 0.15) is 5.01 Å². The molecule has 3 rings (SSSR count). The van der Waals surface area contributed by atoms with Crippen LogP contribution < -0.4 is 11.1 Å². The number of nitrogens with one attached hydrogen (secondary N) is 1. The van der Waals surface area contributed by atoms with E-state index in [1.54, 1.807) is 11.3 Å². The third-order valence-corrected chi connectivity index (χ3v) is 3.94. The third kappa shape index (κ3) is 2.50. The molecule has 0 saturated heterocycles. The number of thiazole rings is 1. The van der Waals surface area contributed by atoms with Crippen LogP contribution in [0.25, 0.3) is 10.2 Å². The molecule has 0 aliphatic heterocycles. The predicted octanol–water partition coefficient (Wildman–Crippen LogP) is 4.58. The van der Waals surface area contributed by atoms with Gasteiger partial charge in [-0.2, -0.15) is 0 Å². The SMILES string of the molecule is Cc1nc2cc(Nc3cccc(Cl)c3)c(N)cc2s1. The van der Waals surface area contributed by atoms with Crippen molar-refractivity contribution in [1.29, 1.82) is 0 Å². The van der Waals surface area contributed by atoms with Crippen molar-refractivity contribution in [2.45, 2.75) is 6.92 Å². The smallest absolute Gasteiger partial charge is 0.0907 e. The number of hydrogen-bond acceptors (Lipinski definition) is 4. The van der Waals surface area contributed by atoms with E-state index in [4.69, 9.17) is 17.3 Å². The third-order valence-electron chi connectivity index (χ3n) is 2.77. The fourth-order valence-electron chi connectivity index (χ4n) is 1.93. The lowest BCUT2D eigenvalue weighted by Crippen LogP contribution is -1.96. The van der Waals surface area contributed by atoms with Crippen molar-refractivity contribution in [1.82, 2.24) is 4.98 Å². The standard InChI is InChI=1S/C14H12ClN3S/c1-8-17-13-7-12(11(16)6-14(13)19-8)18-10-4-2-3-9(15)5-10/h2-7,18H,16H2,1H3. The Balaban J connectivity index is 2.02. The Morgan fingerprint density at radius 2 is 2.11 bits per heavy atom. The Kier molecular flexibility index (Phi) is 3.05. The summed E-state index contributed by atoms with van der Waals surface area (Å²) >= 11 is 7.61. The number of aryl methyl sites for hydroxylation is 1. The highest BCUT2D eigenvalue weighted by molar-refractivity contribution is 7.18. The van der Waals surface area contributed by atoms with Gasteiger partial charge in [0.25, 0.3) is 0 Å². The molecule has 2 aromatic carbocycles. The zero-order valence-electron chi connectivity index (χ0n) is 10.3. The van der Waals surface area contributed by atoms with E-state index in [9.17, 15) is 0 Å². The van der Waals surface area contributed by atoms with Crippen molar-refractivity contribution in [2.24, 2.45) is 0 Å². The summed E-state index contributed by atoms with van der Waals surface area (Å²) in [5.74, 6) is 0. The average Bonchev–Trinajstić information content (AvgIpc) is 2.69. The number of nitrogen functional groups attached to an aromatic ring is 1. The maximum absolute atomic E-state index is 6.07. The normalized spacial score (nSPS) is 10.8. The molecule has 0 fully saturated rings. The molecule has 19 heavy (non-hydrogen) atoms. The van der Waals surface area contributed by atoms with Crippen LogP contribution in [-0.4, -0.2) is 4.98 Å². The summed E-state index contributed by atoms with van der Waals surface area (Å²) in [5, 5.41) is 5.00. The average molecular weight is 290 g/mol. The van der Waals surface area contributed by atoms with Gasteiger partial charge in [0.1, 0.15) is 0 Å². The largest absolute Gasteiger partial charge is 0.397 e. The fraction of sp³-hybridized carbons (Fsp3) is 0.0714. The predicted molar refractivity (Wildman–Crippen MR) is 83.5 cm³/mol. The molecule has 0 aliphatic carbocycles. The summed E-state index contributed by atoms with van der Waals surface area (Å²) in [6.45, 7) is 1.99. The number of aromatic nitrogens is 1. The quantitative estimate of drug-likeness (QED) is 0.679. The lowest BCUT2D eigenvalue weighted by atomic mass is 10.2. The Bertz CT molecular complexity index is 752. The van der Waals surface area contributed by atoms with Crippen molar-refractivity contribution >= 4 is 50.2 Å². The minimum atomic E-state index is 0.689. The molecule has 0 bridgehead atoms. The molecule has 0 saturated carbocycles. The van der Waals surface area contributed by atoms with Gasteiger partial charge in [-0.05, 0) is 37.3 Å². The number of benzene rings is 2. The molecule has 5 heteroatoms. The maximum Gasteiger partial charge on any atom is 0.0907 e. The molecule has 1 aromatic heterocycles. The van der Waals surface area contributed by atoms with Gasteiger partial charge in [-0.1, -0.05) is 17.7 Å². The Morgan fingerprint density at radius 1 is 1.26 bits per heavy atom. The van der Waals surface area contributed by atoms with Crippen molar-refractivity contribution < 1.29 is 0 Å². The molecule has 0 amide bonds. The van der Waals surface area contributed by atoms with Gasteiger partial charge in [0, 0.05) is 10.7 Å². The highest BCUT2D eigenvalue weighted by atomic mass is 35.5. The van der Waals surface area contributed by atoms with Crippen LogP contribution in [0.5, 0.6) is 0 Å². The second kappa shape index (κ2) is 4.72. The van der Waals surface area contributed by atoms with Gasteiger partial charge in [-0.15, -0.1) is 11.3 Å². The van der Waals surface area contributed by atoms with E-state index >= 15 is 0 Å². The monoisotopic (exact) mass is 289 g/mol. The van der Waals surface area contributed by atoms with E-state index < -0.39 is 0 Å². The fourth-order valence-corrected chi connectivity index (χ4v) is 2.98. The first-order valence-electron chi connectivity index (χ1n) is 5.81. The highest BCUT2D eigenvalue weighted by Gasteiger charge is 2.06. The minimum absolute atomic E-state index is 0.689. The second-order valence-corrected chi connectivity index (χ2v) is 5.95. The second-order valence-electron chi connectivity index (χ2n) is 4.28. The summed E-state index contributed by atoms with van der Waals surface area (Å²) in [6, 6.07) is 11.5. The van der Waals surface area contributed by atoms with Crippen molar-refractivity contribution in [3.05, 3.63) is 46.4 Å². The molecule has 0 atom stereocenters. The summed E-state index contributed by atoms with van der Waals surface area (Å²) in [4.78, 5) is 4.47. The van der Waals surface area contributed by atoms with Crippen LogP contribution in [0.4, 0.5) is 17.1 Å². The first-order valence-corrected chi connectivity index (χ1v) is 7.00. The van der Waals surface area contributed by atoms with Crippen LogP contribution in [0.3, 0.4) is 0 Å². The molecule has 1 heterocycles. The first-order chi connectivity index (χ1) is 9.11. The lowest BCUT2D eigenvalue weighted by molar-refractivity contribution is 1.35. The van der Waals surface area contributed by atoms with Gasteiger partial charge >= 0.3 is 0 Å². The van der Waals surface area contributed by atoms with Gasteiger partial charge < -0.3 is 11.1 Å². The number of rotatable bonds is 2. The minimum Gasteiger partial charge on any atom is -0.397 e. The maximum atomic E-state index is 6.07. The molecule has 3 nitrogen and oxygen atoms in total. The topological polar surface area (TPSA) is 50.9 Å². The summed E-state index contributed by atoms with van der Waals surface area (Å²) in [6.07, 6.45) is 0. The highest BCUT2D eigenvalue weighted by Crippen LogP contribution is 2.31. The Morgan fingerprint density at radius 3 is 2.89 bits per heavy atom. The molecule has 0 unspecified atom stereocenters. The Hall–Kier alpha value is -1.78. The van der Waals surface area contributed by atoms with Crippen LogP contribution in [-0.2, 0) is 0 Å². The van der Waals surface area contributed by atoms with Crippen molar-refractivity contribution in [3.63, 3.8) is 0 Å². The number of nitrogens with two attached hydrogens (primary N) is 1. The molecule has 0 spiro atoms. The molecular weight excluding hydrogens is 278 g/mol. The van der Waals surface area contributed by atoms with Gasteiger partial charge in [0.05, 0.1) is 26.6 Å². The zero-order chi connectivity index (χ0) is 13.4. The van der Waals surface area contributed by atoms with E-state index in [1.807, 2.05) is 43.3 Å². The van der Waals surface area contributed by atoms with Crippen LogP contribution >= 0.6 is 22.9 Å². The molecular formula is C14H12ClN3S. The number of hydrogen-bond donors (Lipinski definition) is 2. The van der Waals surface area contributed by atoms with E-state index in [1.165, 1.54) is 0 Å². The van der Waals surface area contributed by atoms with Gasteiger partial charge in [0.15, 0.2) is 0 Å². The van der Waals surface area contributed by atoms with Crippen LogP contribution in [0.15, 0.2) is 36.4 Å². The number of fused-ring (bicyclic) bond motifs is 1. The molecule has 3 N–H and O–H groups in total. The van der Waals surface area contributed by atoms with Gasteiger partial charge in [-0.3, -0.25) is 0 Å². The zero-order valence-corrected chi connectivity index (χ0v) is 11.8. The first kappa shape index (κ1) is 12.3. The molecule has 0 radical (unpaired) electrons. The van der Waals surface area contributed by atoms with Crippen molar-refractivity contribution in [3.8, 4) is 0 Å². The summed E-state index contributed by atoms with van der Waals surface area (Å²) < 4.78 is 1.10. The van der Waals surface area contributed by atoms with E-state index in [2.05, 4.69) is 10.3 Å². The molecule has 96 valence electrons. The lowest BCUT2D eigenvalue weighted by Gasteiger charge is -2.09. The summed E-state index contributed by atoms with van der Waals surface area (Å²) in [7, 11) is 0. The van der Waals surface area contributed by atoms with Gasteiger partial charge in [0.2, 0.25) is 0 Å². The Labute approximate surface area is 120 Å². The molecule has 0 aliphatic rings. The summed E-state index contributed by atoms with van der Waals surface area (Å²) in [5.41, 5.74) is 9.48. The van der Waals surface area contributed by atoms with Crippen LogP contribution in [0.2, 0.25) is 5.02 Å². The van der Waals surface area contributed by atoms with E-state index in [-0.39, 0.29) is 0 Å². The van der Waals surface area contributed by atoms with Crippen molar-refractivity contribution in [2.75, 3.05) is 11.1 Å². The number of halogens is 1. The molecule has 3 aromatic rings. The number of anilines is 3. The van der Waals surface area contributed by atoms with E-state index in [0.717, 1.165) is 26.6 Å². The van der Waals surface area contributed by atoms with Crippen LogP contribution in [0, 0.1) is 6.92 Å². The van der Waals surface area contributed by atoms with E-state index in [0.29, 0.717) is 10.7 Å². The van der Waals surface area contributed by atoms with Gasteiger partial charge in [-0.25, -0.2) is 4.98 Å².